The van der Waals surface area contributed by atoms with Crippen LogP contribution in [-0.4, -0.2) is 35.0 Å². The van der Waals surface area contributed by atoms with Crippen molar-refractivity contribution >= 4 is 28.5 Å². The standard InChI is InChI=1S/C18H39NO3Si2/c1-14(2)16(22-24(11,12)18(6,7)8)19-13-15(20)21-23(9,10)17(3,4)5/h14H,13H2,1-12H3. The maximum Gasteiger partial charge on any atom is 0.314 e. The van der Waals surface area contributed by atoms with E-state index in [0.717, 1.165) is 0 Å². The number of hydrogen-bond acceptors (Lipinski definition) is 4. The third-order valence-electron chi connectivity index (χ3n) is 5.20. The van der Waals surface area contributed by atoms with Crippen LogP contribution >= 0.6 is 0 Å². The summed E-state index contributed by atoms with van der Waals surface area (Å²) in [5.41, 5.74) is 0. The number of nitrogens with zero attached hydrogens (tertiary/aromatic N) is 1. The van der Waals surface area contributed by atoms with Crippen LogP contribution < -0.4 is 0 Å². The van der Waals surface area contributed by atoms with Gasteiger partial charge in [0.25, 0.3) is 16.6 Å². The Labute approximate surface area is 151 Å². The van der Waals surface area contributed by atoms with Gasteiger partial charge in [0.2, 0.25) is 0 Å². The first-order chi connectivity index (χ1) is 10.4. The second-order valence-electron chi connectivity index (χ2n) is 9.91. The van der Waals surface area contributed by atoms with Crippen LogP contribution in [0.15, 0.2) is 4.99 Å². The molecule has 4 nitrogen and oxygen atoms in total. The van der Waals surface area contributed by atoms with E-state index in [4.69, 9.17) is 8.85 Å². The van der Waals surface area contributed by atoms with Crippen LogP contribution in [0.5, 0.6) is 0 Å². The highest BCUT2D eigenvalue weighted by Crippen LogP contribution is 2.38. The van der Waals surface area contributed by atoms with E-state index in [0.29, 0.717) is 5.90 Å². The average Bonchev–Trinajstić information content (AvgIpc) is 2.30. The maximum absolute atomic E-state index is 12.3. The summed E-state index contributed by atoms with van der Waals surface area (Å²) < 4.78 is 12.1. The molecule has 0 N–H and O–H groups in total. The van der Waals surface area contributed by atoms with E-state index in [1.54, 1.807) is 0 Å². The van der Waals surface area contributed by atoms with Crippen molar-refractivity contribution in [3.63, 3.8) is 0 Å². The van der Waals surface area contributed by atoms with Crippen molar-refractivity contribution in [3.05, 3.63) is 0 Å². The molecule has 0 saturated heterocycles. The molecule has 0 bridgehead atoms. The minimum absolute atomic E-state index is 0.00485. The number of hydrogen-bond donors (Lipinski definition) is 0. The molecule has 0 aliphatic heterocycles. The number of aliphatic imine (C=N–C) groups is 1. The SMILES string of the molecule is CC(C)C(=NCC(=O)O[Si](C)(C)C(C)(C)C)O[Si](C)(C)C(C)(C)C. The molecule has 0 aliphatic rings. The topological polar surface area (TPSA) is 47.9 Å². The number of carbonyl (C=O) groups is 1. The van der Waals surface area contributed by atoms with Crippen molar-refractivity contribution in [1.82, 2.24) is 0 Å². The van der Waals surface area contributed by atoms with E-state index in [9.17, 15) is 4.79 Å². The Morgan fingerprint density at radius 1 is 0.875 bits per heavy atom. The summed E-state index contributed by atoms with van der Waals surface area (Å²) in [6.07, 6.45) is 0. The fraction of sp³-hybridized carbons (Fsp3) is 0.889. The molecule has 0 atom stereocenters. The lowest BCUT2D eigenvalue weighted by Gasteiger charge is -2.37. The molecular weight excluding hydrogens is 334 g/mol. The zero-order chi connectivity index (χ0) is 19.6. The highest BCUT2D eigenvalue weighted by atomic mass is 28.4. The van der Waals surface area contributed by atoms with E-state index < -0.39 is 16.6 Å². The minimum Gasteiger partial charge on any atom is -0.534 e. The van der Waals surface area contributed by atoms with Crippen molar-refractivity contribution in [2.24, 2.45) is 10.9 Å². The van der Waals surface area contributed by atoms with Crippen molar-refractivity contribution in [1.29, 1.82) is 0 Å². The summed E-state index contributed by atoms with van der Waals surface area (Å²) in [5, 5.41) is 0.106. The molecule has 0 aliphatic carbocycles. The Morgan fingerprint density at radius 3 is 1.58 bits per heavy atom. The van der Waals surface area contributed by atoms with Crippen LogP contribution in [0.4, 0.5) is 0 Å². The summed E-state index contributed by atoms with van der Waals surface area (Å²) in [6.45, 7) is 25.6. The molecule has 142 valence electrons. The van der Waals surface area contributed by atoms with Crippen LogP contribution in [0.25, 0.3) is 0 Å². The first-order valence-electron chi connectivity index (χ1n) is 8.86. The molecule has 0 saturated carbocycles. The van der Waals surface area contributed by atoms with E-state index in [1.165, 1.54) is 0 Å². The molecule has 0 aromatic heterocycles. The monoisotopic (exact) mass is 373 g/mol. The zero-order valence-electron chi connectivity index (χ0n) is 18.0. The van der Waals surface area contributed by atoms with Crippen LogP contribution in [-0.2, 0) is 13.6 Å². The predicted octanol–water partition coefficient (Wildman–Crippen LogP) is 5.61. The lowest BCUT2D eigenvalue weighted by molar-refractivity contribution is -0.133. The average molecular weight is 374 g/mol. The van der Waals surface area contributed by atoms with Gasteiger partial charge in [-0.05, 0) is 36.3 Å². The summed E-state index contributed by atoms with van der Waals surface area (Å²) >= 11 is 0. The molecule has 0 rings (SSSR count). The molecule has 0 heterocycles. The van der Waals surface area contributed by atoms with Gasteiger partial charge in [-0.25, -0.2) is 4.99 Å². The quantitative estimate of drug-likeness (QED) is 0.357. The van der Waals surface area contributed by atoms with E-state index in [2.05, 4.69) is 72.7 Å². The van der Waals surface area contributed by atoms with Gasteiger partial charge in [-0.15, -0.1) is 0 Å². The fourth-order valence-electron chi connectivity index (χ4n) is 1.36. The molecule has 0 amide bonds. The minimum atomic E-state index is -2.09. The summed E-state index contributed by atoms with van der Waals surface area (Å²) in [5.74, 6) is 0.576. The molecule has 0 aromatic rings. The van der Waals surface area contributed by atoms with Crippen molar-refractivity contribution < 1.29 is 13.6 Å². The summed E-state index contributed by atoms with van der Waals surface area (Å²) in [4.78, 5) is 16.7. The molecule has 0 spiro atoms. The largest absolute Gasteiger partial charge is 0.534 e. The van der Waals surface area contributed by atoms with Crippen LogP contribution in [0.3, 0.4) is 0 Å². The zero-order valence-corrected chi connectivity index (χ0v) is 20.0. The van der Waals surface area contributed by atoms with Gasteiger partial charge in [0.05, 0.1) is 0 Å². The number of carbonyl (C=O) groups excluding carboxylic acids is 1. The van der Waals surface area contributed by atoms with Gasteiger partial charge in [0.15, 0.2) is 5.90 Å². The Kier molecular flexibility index (Phi) is 7.52. The van der Waals surface area contributed by atoms with Crippen molar-refractivity contribution in [3.8, 4) is 0 Å². The summed E-state index contributed by atoms with van der Waals surface area (Å²) in [6, 6.07) is 0. The van der Waals surface area contributed by atoms with Gasteiger partial charge in [-0.1, -0.05) is 55.4 Å². The molecular formula is C18H39NO3Si2. The molecule has 24 heavy (non-hydrogen) atoms. The van der Waals surface area contributed by atoms with E-state index >= 15 is 0 Å². The summed E-state index contributed by atoms with van der Waals surface area (Å²) in [7, 11) is -4.05. The van der Waals surface area contributed by atoms with Crippen LogP contribution in [0.2, 0.25) is 36.3 Å². The predicted molar refractivity (Wildman–Crippen MR) is 109 cm³/mol. The Balaban J connectivity index is 5.10. The molecule has 0 radical (unpaired) electrons. The van der Waals surface area contributed by atoms with Crippen LogP contribution in [0, 0.1) is 5.92 Å². The molecule has 6 heteroatoms. The normalized spacial score (nSPS) is 14.8. The Morgan fingerprint density at radius 2 is 1.25 bits per heavy atom. The highest BCUT2D eigenvalue weighted by Gasteiger charge is 2.41. The van der Waals surface area contributed by atoms with Crippen molar-refractivity contribution in [2.75, 3.05) is 6.54 Å². The third-order valence-corrected chi connectivity index (χ3v) is 13.9. The lowest BCUT2D eigenvalue weighted by Crippen LogP contribution is -2.44. The highest BCUT2D eigenvalue weighted by molar-refractivity contribution is 6.76. The Hall–Kier alpha value is -0.626. The van der Waals surface area contributed by atoms with Gasteiger partial charge < -0.3 is 8.85 Å². The van der Waals surface area contributed by atoms with Gasteiger partial charge in [0, 0.05) is 5.92 Å². The van der Waals surface area contributed by atoms with Gasteiger partial charge >= 0.3 is 5.97 Å². The van der Waals surface area contributed by atoms with Gasteiger partial charge in [-0.3, -0.25) is 4.79 Å². The lowest BCUT2D eigenvalue weighted by atomic mass is 10.2. The molecule has 0 unspecified atom stereocenters. The van der Waals surface area contributed by atoms with Crippen molar-refractivity contribution in [2.45, 2.75) is 91.7 Å². The fourth-order valence-corrected chi connectivity index (χ4v) is 3.43. The first-order valence-corrected chi connectivity index (χ1v) is 14.7. The number of rotatable bonds is 5. The molecule has 0 fully saturated rings. The smallest absolute Gasteiger partial charge is 0.314 e. The van der Waals surface area contributed by atoms with E-state index in [-0.39, 0.29) is 28.5 Å². The van der Waals surface area contributed by atoms with Crippen LogP contribution in [0.1, 0.15) is 55.4 Å². The third kappa shape index (κ3) is 6.71. The maximum atomic E-state index is 12.3. The van der Waals surface area contributed by atoms with E-state index in [1.807, 2.05) is 13.8 Å². The first kappa shape index (κ1) is 23.4. The Bertz CT molecular complexity index is 470. The second kappa shape index (κ2) is 7.73. The van der Waals surface area contributed by atoms with Gasteiger partial charge in [-0.2, -0.15) is 0 Å². The second-order valence-corrected chi connectivity index (χ2v) is 19.4. The molecule has 0 aromatic carbocycles. The van der Waals surface area contributed by atoms with Gasteiger partial charge in [0.1, 0.15) is 6.54 Å².